The first-order valence-corrected chi connectivity index (χ1v) is 7.95. The second kappa shape index (κ2) is 7.36. The van der Waals surface area contributed by atoms with Crippen molar-refractivity contribution in [3.05, 3.63) is 28.5 Å². The highest BCUT2D eigenvalue weighted by atomic mass is 79.9. The van der Waals surface area contributed by atoms with Gasteiger partial charge in [-0.3, -0.25) is 4.98 Å². The molecule has 0 saturated carbocycles. The van der Waals surface area contributed by atoms with Gasteiger partial charge in [-0.15, -0.1) is 0 Å². The van der Waals surface area contributed by atoms with E-state index >= 15 is 0 Å². The lowest BCUT2D eigenvalue weighted by molar-refractivity contribution is 0.0607. The summed E-state index contributed by atoms with van der Waals surface area (Å²) in [6.45, 7) is 6.41. The largest absolute Gasteiger partial charge is 0.376 e. The van der Waals surface area contributed by atoms with E-state index in [1.54, 1.807) is 0 Å². The Kier molecular flexibility index (Phi) is 5.79. The maximum atomic E-state index is 5.92. The summed E-state index contributed by atoms with van der Waals surface area (Å²) < 4.78 is 6.95. The van der Waals surface area contributed by atoms with Gasteiger partial charge in [0.2, 0.25) is 0 Å². The fraction of sp³-hybridized carbons (Fsp3) is 0.667. The van der Waals surface area contributed by atoms with Crippen LogP contribution < -0.4 is 5.32 Å². The van der Waals surface area contributed by atoms with E-state index in [4.69, 9.17) is 4.74 Å². The van der Waals surface area contributed by atoms with Crippen LogP contribution in [0.3, 0.4) is 0 Å². The molecule has 1 aliphatic rings. The van der Waals surface area contributed by atoms with Gasteiger partial charge in [0.05, 0.1) is 6.10 Å². The van der Waals surface area contributed by atoms with Crippen molar-refractivity contribution in [2.45, 2.75) is 45.3 Å². The molecule has 3 atom stereocenters. The minimum atomic E-state index is 0.317. The minimum Gasteiger partial charge on any atom is -0.376 e. The van der Waals surface area contributed by atoms with E-state index < -0.39 is 0 Å². The Morgan fingerprint density at radius 1 is 1.53 bits per heavy atom. The molecule has 3 nitrogen and oxygen atoms in total. The third-order valence-corrected chi connectivity index (χ3v) is 4.18. The molecule has 1 aromatic rings. The zero-order valence-electron chi connectivity index (χ0n) is 11.7. The topological polar surface area (TPSA) is 34.2 Å². The molecule has 0 spiro atoms. The highest BCUT2D eigenvalue weighted by Crippen LogP contribution is 2.24. The van der Waals surface area contributed by atoms with Crippen molar-refractivity contribution in [3.8, 4) is 0 Å². The molecule has 1 N–H and O–H groups in total. The summed E-state index contributed by atoms with van der Waals surface area (Å²) in [6, 6.07) is 4.51. The van der Waals surface area contributed by atoms with Gasteiger partial charge in [-0.2, -0.15) is 0 Å². The summed E-state index contributed by atoms with van der Waals surface area (Å²) in [5.41, 5.74) is 1.12. The van der Waals surface area contributed by atoms with Crippen LogP contribution in [-0.4, -0.2) is 30.3 Å². The van der Waals surface area contributed by atoms with Crippen LogP contribution in [0.5, 0.6) is 0 Å². The van der Waals surface area contributed by atoms with Crippen molar-refractivity contribution < 1.29 is 4.74 Å². The van der Waals surface area contributed by atoms with E-state index in [9.17, 15) is 0 Å². The first kappa shape index (κ1) is 14.9. The zero-order valence-corrected chi connectivity index (χ0v) is 13.3. The van der Waals surface area contributed by atoms with Crippen molar-refractivity contribution >= 4 is 15.9 Å². The lowest BCUT2D eigenvalue weighted by Crippen LogP contribution is -2.44. The Bertz CT molecular complexity index is 382. The third kappa shape index (κ3) is 4.26. The standard InChI is InChI=1S/C15H23BrN2O/c1-3-7-17-14(15-11(2)6-8-19-15)9-13-5-4-12(16)10-18-13/h4-5,10-11,14-15,17H,3,6-9H2,1-2H3. The molecule has 106 valence electrons. The second-order valence-corrected chi connectivity index (χ2v) is 6.25. The van der Waals surface area contributed by atoms with Gasteiger partial charge in [0.15, 0.2) is 0 Å². The molecule has 0 aromatic carbocycles. The van der Waals surface area contributed by atoms with Gasteiger partial charge in [0.1, 0.15) is 0 Å². The quantitative estimate of drug-likeness (QED) is 0.871. The molecule has 19 heavy (non-hydrogen) atoms. The summed E-state index contributed by atoms with van der Waals surface area (Å²) in [5.74, 6) is 0.629. The Morgan fingerprint density at radius 3 is 2.95 bits per heavy atom. The number of aromatic nitrogens is 1. The fourth-order valence-electron chi connectivity index (χ4n) is 2.62. The number of hydrogen-bond acceptors (Lipinski definition) is 3. The van der Waals surface area contributed by atoms with Gasteiger partial charge in [0, 0.05) is 35.4 Å². The third-order valence-electron chi connectivity index (χ3n) is 3.72. The molecule has 1 saturated heterocycles. The van der Waals surface area contributed by atoms with Crippen LogP contribution in [0.4, 0.5) is 0 Å². The Balaban J connectivity index is 2.02. The highest BCUT2D eigenvalue weighted by molar-refractivity contribution is 9.10. The first-order valence-electron chi connectivity index (χ1n) is 7.16. The van der Waals surface area contributed by atoms with Crippen LogP contribution in [-0.2, 0) is 11.2 Å². The predicted molar refractivity (Wildman–Crippen MR) is 81.2 cm³/mol. The van der Waals surface area contributed by atoms with Gasteiger partial charge in [-0.25, -0.2) is 0 Å². The molecule has 4 heteroatoms. The predicted octanol–water partition coefficient (Wildman–Crippen LogP) is 3.18. The molecule has 1 aliphatic heterocycles. The summed E-state index contributed by atoms with van der Waals surface area (Å²) >= 11 is 3.43. The van der Waals surface area contributed by atoms with E-state index in [1.807, 2.05) is 6.20 Å². The number of ether oxygens (including phenoxy) is 1. The SMILES string of the molecule is CCCNC(Cc1ccc(Br)cn1)C1OCCC1C. The van der Waals surface area contributed by atoms with E-state index in [0.29, 0.717) is 18.1 Å². The van der Waals surface area contributed by atoms with Crippen molar-refractivity contribution in [1.82, 2.24) is 10.3 Å². The summed E-state index contributed by atoms with van der Waals surface area (Å²) in [5, 5.41) is 3.63. The van der Waals surface area contributed by atoms with E-state index in [1.165, 1.54) is 6.42 Å². The Morgan fingerprint density at radius 2 is 2.37 bits per heavy atom. The number of nitrogens with zero attached hydrogens (tertiary/aromatic N) is 1. The molecule has 1 aromatic heterocycles. The molecule has 3 unspecified atom stereocenters. The Hall–Kier alpha value is -0.450. The van der Waals surface area contributed by atoms with E-state index in [-0.39, 0.29) is 0 Å². The highest BCUT2D eigenvalue weighted by Gasteiger charge is 2.31. The molecular formula is C15H23BrN2O. The molecule has 0 bridgehead atoms. The molecule has 0 radical (unpaired) electrons. The summed E-state index contributed by atoms with van der Waals surface area (Å²) in [6.07, 6.45) is 5.43. The number of halogens is 1. The number of nitrogens with one attached hydrogen (secondary N) is 1. The summed E-state index contributed by atoms with van der Waals surface area (Å²) in [4.78, 5) is 4.48. The van der Waals surface area contributed by atoms with Crippen LogP contribution in [0.1, 0.15) is 32.4 Å². The number of pyridine rings is 1. The maximum absolute atomic E-state index is 5.92. The lowest BCUT2D eigenvalue weighted by atomic mass is 9.94. The van der Waals surface area contributed by atoms with Gasteiger partial charge in [-0.05, 0) is 53.4 Å². The molecule has 2 heterocycles. The van der Waals surface area contributed by atoms with Crippen molar-refractivity contribution in [2.75, 3.05) is 13.2 Å². The Labute approximate surface area is 124 Å². The lowest BCUT2D eigenvalue weighted by Gasteiger charge is -2.27. The number of hydrogen-bond donors (Lipinski definition) is 1. The molecule has 0 amide bonds. The van der Waals surface area contributed by atoms with Crippen LogP contribution in [0.25, 0.3) is 0 Å². The minimum absolute atomic E-state index is 0.317. The van der Waals surface area contributed by atoms with E-state index in [0.717, 1.165) is 36.2 Å². The normalized spacial score (nSPS) is 24.6. The van der Waals surface area contributed by atoms with Crippen LogP contribution in [0.15, 0.2) is 22.8 Å². The van der Waals surface area contributed by atoms with Crippen LogP contribution >= 0.6 is 15.9 Å². The molecule has 0 aliphatic carbocycles. The first-order chi connectivity index (χ1) is 9.20. The fourth-order valence-corrected chi connectivity index (χ4v) is 2.85. The van der Waals surface area contributed by atoms with Crippen molar-refractivity contribution in [1.29, 1.82) is 0 Å². The summed E-state index contributed by atoms with van der Waals surface area (Å²) in [7, 11) is 0. The van der Waals surface area contributed by atoms with Crippen molar-refractivity contribution in [2.24, 2.45) is 5.92 Å². The van der Waals surface area contributed by atoms with Gasteiger partial charge in [-0.1, -0.05) is 13.8 Å². The van der Waals surface area contributed by atoms with Gasteiger partial charge < -0.3 is 10.1 Å². The average Bonchev–Trinajstić information content (AvgIpc) is 2.83. The molecule has 2 rings (SSSR count). The average molecular weight is 327 g/mol. The maximum Gasteiger partial charge on any atom is 0.0758 e. The van der Waals surface area contributed by atoms with Crippen molar-refractivity contribution in [3.63, 3.8) is 0 Å². The van der Waals surface area contributed by atoms with Gasteiger partial charge in [0.25, 0.3) is 0 Å². The number of rotatable bonds is 6. The molecular weight excluding hydrogens is 304 g/mol. The molecule has 1 fully saturated rings. The van der Waals surface area contributed by atoms with Gasteiger partial charge >= 0.3 is 0 Å². The smallest absolute Gasteiger partial charge is 0.0758 e. The van der Waals surface area contributed by atoms with Crippen LogP contribution in [0.2, 0.25) is 0 Å². The van der Waals surface area contributed by atoms with E-state index in [2.05, 4.69) is 52.2 Å². The van der Waals surface area contributed by atoms with Crippen LogP contribution in [0, 0.1) is 5.92 Å². The second-order valence-electron chi connectivity index (χ2n) is 5.33. The zero-order chi connectivity index (χ0) is 13.7. The monoisotopic (exact) mass is 326 g/mol.